The van der Waals surface area contributed by atoms with Crippen LogP contribution < -0.4 is 5.73 Å². The molecule has 1 aromatic carbocycles. The first kappa shape index (κ1) is 13.1. The van der Waals surface area contributed by atoms with Crippen molar-refractivity contribution >= 4 is 11.5 Å². The minimum absolute atomic E-state index is 0.621. The fraction of sp³-hybridized carbons (Fsp3) is 0.200. The third-order valence-electron chi connectivity index (χ3n) is 2.67. The van der Waals surface area contributed by atoms with Crippen molar-refractivity contribution in [3.63, 3.8) is 0 Å². The number of H-pyrrole nitrogens is 1. The van der Waals surface area contributed by atoms with Crippen molar-refractivity contribution in [1.82, 2.24) is 9.97 Å². The molecule has 0 aliphatic rings. The van der Waals surface area contributed by atoms with Gasteiger partial charge in [0.25, 0.3) is 0 Å². The van der Waals surface area contributed by atoms with Crippen LogP contribution in [-0.2, 0) is 0 Å². The van der Waals surface area contributed by atoms with Gasteiger partial charge in [-0.15, -0.1) is 0 Å². The number of benzene rings is 1. The molecule has 0 aliphatic heterocycles. The van der Waals surface area contributed by atoms with Gasteiger partial charge in [-0.1, -0.05) is 23.8 Å². The molecule has 4 heteroatoms. The molecule has 0 saturated heterocycles. The zero-order chi connectivity index (χ0) is 13.7. The maximum absolute atomic E-state index is 5.88. The highest BCUT2D eigenvalue weighted by molar-refractivity contribution is 5.84. The Morgan fingerprint density at radius 2 is 2.05 bits per heavy atom. The van der Waals surface area contributed by atoms with Crippen molar-refractivity contribution in [2.24, 2.45) is 10.7 Å². The topological polar surface area (TPSA) is 67.1 Å². The van der Waals surface area contributed by atoms with Crippen molar-refractivity contribution in [3.05, 3.63) is 48.4 Å². The molecule has 2 rings (SSSR count). The standard InChI is InChI=1S/C15H18N4/c1-11(2)3-8-15(16)19-13-6-4-12(5-7-13)14-9-17-10-18-14/h3-7,9-10H,8H2,1-2H3,(H2,16,19)(H,17,18). The van der Waals surface area contributed by atoms with E-state index in [1.807, 2.05) is 38.1 Å². The van der Waals surface area contributed by atoms with E-state index >= 15 is 0 Å². The Labute approximate surface area is 113 Å². The van der Waals surface area contributed by atoms with Crippen LogP contribution >= 0.6 is 0 Å². The molecule has 0 spiro atoms. The number of allylic oxidation sites excluding steroid dienone is 1. The van der Waals surface area contributed by atoms with Gasteiger partial charge in [0.15, 0.2) is 0 Å². The molecule has 0 unspecified atom stereocenters. The lowest BCUT2D eigenvalue weighted by Crippen LogP contribution is -2.09. The number of hydrogen-bond acceptors (Lipinski definition) is 2. The summed E-state index contributed by atoms with van der Waals surface area (Å²) in [6.45, 7) is 4.10. The molecule has 0 bridgehead atoms. The summed E-state index contributed by atoms with van der Waals surface area (Å²) >= 11 is 0. The second kappa shape index (κ2) is 6.00. The van der Waals surface area contributed by atoms with Gasteiger partial charge < -0.3 is 10.7 Å². The number of aromatic amines is 1. The van der Waals surface area contributed by atoms with Crippen LogP contribution in [0.3, 0.4) is 0 Å². The van der Waals surface area contributed by atoms with Gasteiger partial charge in [0.05, 0.1) is 23.9 Å². The van der Waals surface area contributed by atoms with E-state index in [1.54, 1.807) is 12.5 Å². The number of rotatable bonds is 4. The molecule has 1 heterocycles. The molecule has 2 aromatic rings. The van der Waals surface area contributed by atoms with Crippen LogP contribution in [0.2, 0.25) is 0 Å². The number of nitrogens with two attached hydrogens (primary N) is 1. The number of amidine groups is 1. The smallest absolute Gasteiger partial charge is 0.103 e. The Morgan fingerprint density at radius 1 is 1.32 bits per heavy atom. The molecular weight excluding hydrogens is 236 g/mol. The van der Waals surface area contributed by atoms with Crippen LogP contribution in [0.5, 0.6) is 0 Å². The third kappa shape index (κ3) is 3.81. The zero-order valence-electron chi connectivity index (χ0n) is 11.2. The first-order chi connectivity index (χ1) is 9.15. The van der Waals surface area contributed by atoms with Gasteiger partial charge >= 0.3 is 0 Å². The average molecular weight is 254 g/mol. The minimum atomic E-state index is 0.621. The normalized spacial score (nSPS) is 11.4. The molecule has 1 aromatic heterocycles. The van der Waals surface area contributed by atoms with E-state index in [0.29, 0.717) is 12.3 Å². The fourth-order valence-corrected chi connectivity index (χ4v) is 1.65. The van der Waals surface area contributed by atoms with Crippen molar-refractivity contribution < 1.29 is 0 Å². The number of aliphatic imine (C=N–C) groups is 1. The molecule has 0 aliphatic carbocycles. The van der Waals surface area contributed by atoms with Gasteiger partial charge in [0.1, 0.15) is 5.84 Å². The van der Waals surface area contributed by atoms with Crippen LogP contribution in [0, 0.1) is 0 Å². The minimum Gasteiger partial charge on any atom is -0.387 e. The zero-order valence-corrected chi connectivity index (χ0v) is 11.2. The Bertz CT molecular complexity index is 573. The molecule has 0 amide bonds. The number of nitrogens with zero attached hydrogens (tertiary/aromatic N) is 2. The Balaban J connectivity index is 2.10. The molecule has 4 nitrogen and oxygen atoms in total. The molecule has 0 saturated carbocycles. The number of hydrogen-bond donors (Lipinski definition) is 2. The molecular formula is C15H18N4. The quantitative estimate of drug-likeness (QED) is 0.498. The van der Waals surface area contributed by atoms with Crippen molar-refractivity contribution in [2.75, 3.05) is 0 Å². The first-order valence-corrected chi connectivity index (χ1v) is 6.20. The van der Waals surface area contributed by atoms with E-state index in [2.05, 4.69) is 21.0 Å². The SMILES string of the molecule is CC(C)=CCC(N)=Nc1ccc(-c2cnc[nH]2)cc1. The van der Waals surface area contributed by atoms with Crippen molar-refractivity contribution in [1.29, 1.82) is 0 Å². The van der Waals surface area contributed by atoms with Gasteiger partial charge in [-0.3, -0.25) is 0 Å². The summed E-state index contributed by atoms with van der Waals surface area (Å²) in [7, 11) is 0. The molecule has 0 fully saturated rings. The summed E-state index contributed by atoms with van der Waals surface area (Å²) in [5.41, 5.74) is 10.1. The van der Waals surface area contributed by atoms with Crippen LogP contribution in [0.15, 0.2) is 53.4 Å². The van der Waals surface area contributed by atoms with Gasteiger partial charge in [-0.2, -0.15) is 0 Å². The Kier molecular flexibility index (Phi) is 4.13. The third-order valence-corrected chi connectivity index (χ3v) is 2.67. The highest BCUT2D eigenvalue weighted by Crippen LogP contribution is 2.20. The van der Waals surface area contributed by atoms with Crippen molar-refractivity contribution in [3.8, 4) is 11.3 Å². The lowest BCUT2D eigenvalue weighted by molar-refractivity contribution is 1.28. The summed E-state index contributed by atoms with van der Waals surface area (Å²) in [5, 5.41) is 0. The van der Waals surface area contributed by atoms with Gasteiger partial charge in [0.2, 0.25) is 0 Å². The summed E-state index contributed by atoms with van der Waals surface area (Å²) in [6, 6.07) is 7.90. The predicted octanol–water partition coefficient (Wildman–Crippen LogP) is 3.42. The highest BCUT2D eigenvalue weighted by atomic mass is 14.9. The summed E-state index contributed by atoms with van der Waals surface area (Å²) in [4.78, 5) is 11.4. The number of nitrogens with one attached hydrogen (secondary N) is 1. The second-order valence-corrected chi connectivity index (χ2v) is 4.60. The van der Waals surface area contributed by atoms with Crippen molar-refractivity contribution in [2.45, 2.75) is 20.3 Å². The average Bonchev–Trinajstić information content (AvgIpc) is 2.91. The maximum Gasteiger partial charge on any atom is 0.103 e. The van der Waals surface area contributed by atoms with Gasteiger partial charge in [-0.05, 0) is 31.5 Å². The van der Waals surface area contributed by atoms with Crippen LogP contribution in [-0.4, -0.2) is 15.8 Å². The van der Waals surface area contributed by atoms with Gasteiger partial charge in [0, 0.05) is 6.42 Å². The Hall–Kier alpha value is -2.36. The van der Waals surface area contributed by atoms with E-state index in [0.717, 1.165) is 16.9 Å². The van der Waals surface area contributed by atoms with E-state index in [9.17, 15) is 0 Å². The number of aromatic nitrogens is 2. The second-order valence-electron chi connectivity index (χ2n) is 4.60. The largest absolute Gasteiger partial charge is 0.387 e. The monoisotopic (exact) mass is 254 g/mol. The lowest BCUT2D eigenvalue weighted by Gasteiger charge is -2.00. The van der Waals surface area contributed by atoms with E-state index < -0.39 is 0 Å². The summed E-state index contributed by atoms with van der Waals surface area (Å²) in [6.07, 6.45) is 6.21. The predicted molar refractivity (Wildman–Crippen MR) is 79.4 cm³/mol. The summed E-state index contributed by atoms with van der Waals surface area (Å²) < 4.78 is 0. The molecule has 3 N–H and O–H groups in total. The Morgan fingerprint density at radius 3 is 2.63 bits per heavy atom. The molecule has 19 heavy (non-hydrogen) atoms. The lowest BCUT2D eigenvalue weighted by atomic mass is 10.1. The summed E-state index contributed by atoms with van der Waals surface area (Å²) in [5.74, 6) is 0.621. The molecule has 0 radical (unpaired) electrons. The highest BCUT2D eigenvalue weighted by Gasteiger charge is 1.98. The first-order valence-electron chi connectivity index (χ1n) is 6.20. The van der Waals surface area contributed by atoms with E-state index in [1.165, 1.54) is 5.57 Å². The van der Waals surface area contributed by atoms with E-state index in [4.69, 9.17) is 5.73 Å². The van der Waals surface area contributed by atoms with Crippen LogP contribution in [0.4, 0.5) is 5.69 Å². The van der Waals surface area contributed by atoms with Crippen LogP contribution in [0.1, 0.15) is 20.3 Å². The molecule has 98 valence electrons. The maximum atomic E-state index is 5.88. The van der Waals surface area contributed by atoms with Gasteiger partial charge in [-0.25, -0.2) is 9.98 Å². The molecule has 0 atom stereocenters. The van der Waals surface area contributed by atoms with Crippen LogP contribution in [0.25, 0.3) is 11.3 Å². The fourth-order valence-electron chi connectivity index (χ4n) is 1.65. The van der Waals surface area contributed by atoms with E-state index in [-0.39, 0.29) is 0 Å². The number of imidazole rings is 1.